The zero-order valence-corrected chi connectivity index (χ0v) is 10.6. The Balaban J connectivity index is 2.37. The topological polar surface area (TPSA) is 29.5 Å². The molecule has 1 rings (SSSR count). The monoisotopic (exact) mass is 236 g/mol. The van der Waals surface area contributed by atoms with E-state index in [0.29, 0.717) is 23.7 Å². The predicted molar refractivity (Wildman–Crippen MR) is 65.3 cm³/mol. The quantitative estimate of drug-likeness (QED) is 0.791. The van der Waals surface area contributed by atoms with E-state index in [1.54, 1.807) is 0 Å². The maximum atomic E-state index is 9.95. The van der Waals surface area contributed by atoms with Gasteiger partial charge < -0.3 is 9.84 Å². The minimum Gasteiger partial charge on any atom is -0.390 e. The lowest BCUT2D eigenvalue weighted by Gasteiger charge is -2.33. The molecule has 0 spiro atoms. The molecule has 0 amide bonds. The average molecular weight is 236 g/mol. The number of hydrogen-bond acceptors (Lipinski definition) is 4. The van der Waals surface area contributed by atoms with Crippen LogP contribution >= 0.6 is 23.5 Å². The Morgan fingerprint density at radius 3 is 2.71 bits per heavy atom. The first-order chi connectivity index (χ1) is 6.79. The van der Waals surface area contributed by atoms with Crippen LogP contribution in [0.5, 0.6) is 0 Å². The molecule has 84 valence electrons. The number of hydrogen-bond donors (Lipinski definition) is 1. The van der Waals surface area contributed by atoms with Crippen LogP contribution in [0.4, 0.5) is 0 Å². The van der Waals surface area contributed by atoms with E-state index in [1.165, 1.54) is 5.75 Å². The summed E-state index contributed by atoms with van der Waals surface area (Å²) < 4.78 is 5.27. The molecule has 0 saturated carbocycles. The molecule has 0 radical (unpaired) electrons. The van der Waals surface area contributed by atoms with E-state index in [-0.39, 0.29) is 6.10 Å². The highest BCUT2D eigenvalue weighted by Crippen LogP contribution is 2.35. The minimum atomic E-state index is -0.294. The Morgan fingerprint density at radius 1 is 1.36 bits per heavy atom. The third kappa shape index (κ3) is 3.65. The molecule has 0 aromatic carbocycles. The zero-order chi connectivity index (χ0) is 10.4. The standard InChI is InChI=1S/C10H20O2S2/c1-3-9-10(14-6-5-13-9)8(11)7-12-4-2/h8-11H,3-7H2,1-2H3. The first-order valence-corrected chi connectivity index (χ1v) is 7.38. The van der Waals surface area contributed by atoms with Gasteiger partial charge in [-0.05, 0) is 13.3 Å². The second kappa shape index (κ2) is 6.99. The fourth-order valence-corrected chi connectivity index (χ4v) is 4.76. The van der Waals surface area contributed by atoms with Gasteiger partial charge in [0.2, 0.25) is 0 Å². The van der Waals surface area contributed by atoms with Crippen LogP contribution in [0.3, 0.4) is 0 Å². The van der Waals surface area contributed by atoms with Crippen molar-refractivity contribution in [2.75, 3.05) is 24.7 Å². The van der Waals surface area contributed by atoms with Crippen molar-refractivity contribution in [3.05, 3.63) is 0 Å². The lowest BCUT2D eigenvalue weighted by Crippen LogP contribution is -2.38. The second-order valence-corrected chi connectivity index (χ2v) is 6.01. The molecule has 1 aliphatic rings. The highest BCUT2D eigenvalue weighted by Gasteiger charge is 2.30. The highest BCUT2D eigenvalue weighted by molar-refractivity contribution is 8.07. The molecular weight excluding hydrogens is 216 g/mol. The zero-order valence-electron chi connectivity index (χ0n) is 8.94. The van der Waals surface area contributed by atoms with E-state index in [2.05, 4.69) is 6.92 Å². The van der Waals surface area contributed by atoms with Crippen molar-refractivity contribution < 1.29 is 9.84 Å². The normalized spacial score (nSPS) is 30.2. The van der Waals surface area contributed by atoms with Gasteiger partial charge in [-0.15, -0.1) is 0 Å². The molecule has 0 aromatic heterocycles. The van der Waals surface area contributed by atoms with E-state index < -0.39 is 0 Å². The fraction of sp³-hybridized carbons (Fsp3) is 1.00. The summed E-state index contributed by atoms with van der Waals surface area (Å²) in [5.41, 5.74) is 0. The van der Waals surface area contributed by atoms with Crippen molar-refractivity contribution in [2.45, 2.75) is 36.9 Å². The van der Waals surface area contributed by atoms with Gasteiger partial charge in [0.25, 0.3) is 0 Å². The Hall–Kier alpha value is 0.620. The van der Waals surface area contributed by atoms with Crippen LogP contribution in [0.15, 0.2) is 0 Å². The molecule has 1 saturated heterocycles. The molecule has 1 aliphatic heterocycles. The number of aliphatic hydroxyl groups is 1. The molecule has 3 unspecified atom stereocenters. The van der Waals surface area contributed by atoms with Gasteiger partial charge in [-0.2, -0.15) is 23.5 Å². The van der Waals surface area contributed by atoms with Crippen LogP contribution in [0.2, 0.25) is 0 Å². The van der Waals surface area contributed by atoms with E-state index in [9.17, 15) is 5.11 Å². The summed E-state index contributed by atoms with van der Waals surface area (Å²) in [6.07, 6.45) is 0.851. The molecule has 4 heteroatoms. The Labute approximate surface area is 95.2 Å². The van der Waals surface area contributed by atoms with E-state index in [4.69, 9.17) is 4.74 Å². The Morgan fingerprint density at radius 2 is 2.07 bits per heavy atom. The number of ether oxygens (including phenoxy) is 1. The second-order valence-electron chi connectivity index (χ2n) is 3.38. The average Bonchev–Trinajstić information content (AvgIpc) is 2.25. The van der Waals surface area contributed by atoms with Gasteiger partial charge in [0.05, 0.1) is 12.7 Å². The molecule has 2 nitrogen and oxygen atoms in total. The molecule has 3 atom stereocenters. The van der Waals surface area contributed by atoms with Gasteiger partial charge in [-0.25, -0.2) is 0 Å². The highest BCUT2D eigenvalue weighted by atomic mass is 32.2. The van der Waals surface area contributed by atoms with E-state index >= 15 is 0 Å². The van der Waals surface area contributed by atoms with Crippen LogP contribution in [0, 0.1) is 0 Å². The van der Waals surface area contributed by atoms with Crippen LogP contribution in [-0.4, -0.2) is 46.4 Å². The van der Waals surface area contributed by atoms with Crippen molar-refractivity contribution in [1.29, 1.82) is 0 Å². The molecule has 0 bridgehead atoms. The molecule has 1 N–H and O–H groups in total. The SMILES string of the molecule is CCOCC(O)C1SCCSC1CC. The smallest absolute Gasteiger partial charge is 0.0902 e. The molecule has 14 heavy (non-hydrogen) atoms. The van der Waals surface area contributed by atoms with Crippen molar-refractivity contribution in [2.24, 2.45) is 0 Å². The summed E-state index contributed by atoms with van der Waals surface area (Å²) in [6, 6.07) is 0. The van der Waals surface area contributed by atoms with E-state index in [1.807, 2.05) is 30.4 Å². The largest absolute Gasteiger partial charge is 0.390 e. The van der Waals surface area contributed by atoms with Crippen molar-refractivity contribution in [3.8, 4) is 0 Å². The molecule has 0 aliphatic carbocycles. The van der Waals surface area contributed by atoms with Crippen LogP contribution in [-0.2, 0) is 4.74 Å². The maximum Gasteiger partial charge on any atom is 0.0902 e. The summed E-state index contributed by atoms with van der Waals surface area (Å²) in [5.74, 6) is 2.38. The van der Waals surface area contributed by atoms with Crippen molar-refractivity contribution >= 4 is 23.5 Å². The third-order valence-electron chi connectivity index (χ3n) is 2.37. The number of rotatable bonds is 5. The fourth-order valence-electron chi connectivity index (χ4n) is 1.63. The molecule has 1 fully saturated rings. The van der Waals surface area contributed by atoms with Gasteiger partial charge >= 0.3 is 0 Å². The summed E-state index contributed by atoms with van der Waals surface area (Å²) in [6.45, 7) is 5.35. The van der Waals surface area contributed by atoms with Crippen molar-refractivity contribution in [1.82, 2.24) is 0 Å². The van der Waals surface area contributed by atoms with E-state index in [0.717, 1.165) is 12.2 Å². The van der Waals surface area contributed by atoms with Gasteiger partial charge in [0, 0.05) is 28.6 Å². The van der Waals surface area contributed by atoms with Crippen molar-refractivity contribution in [3.63, 3.8) is 0 Å². The lowest BCUT2D eigenvalue weighted by molar-refractivity contribution is 0.0411. The Kier molecular flexibility index (Phi) is 6.33. The summed E-state index contributed by atoms with van der Waals surface area (Å²) in [4.78, 5) is 0. The Bertz CT molecular complexity index is 155. The molecule has 1 heterocycles. The van der Waals surface area contributed by atoms with Crippen LogP contribution < -0.4 is 0 Å². The van der Waals surface area contributed by atoms with Crippen LogP contribution in [0.1, 0.15) is 20.3 Å². The van der Waals surface area contributed by atoms with Gasteiger partial charge in [0.1, 0.15) is 0 Å². The minimum absolute atomic E-state index is 0.294. The maximum absolute atomic E-state index is 9.95. The molecular formula is C10H20O2S2. The number of thioether (sulfide) groups is 2. The van der Waals surface area contributed by atoms with Gasteiger partial charge in [-0.1, -0.05) is 6.92 Å². The summed E-state index contributed by atoms with van der Waals surface area (Å²) >= 11 is 3.90. The first-order valence-electron chi connectivity index (χ1n) is 5.28. The molecule has 0 aromatic rings. The summed E-state index contributed by atoms with van der Waals surface area (Å²) in [5, 5.41) is 10.9. The van der Waals surface area contributed by atoms with Gasteiger partial charge in [-0.3, -0.25) is 0 Å². The van der Waals surface area contributed by atoms with Gasteiger partial charge in [0.15, 0.2) is 0 Å². The summed E-state index contributed by atoms with van der Waals surface area (Å²) in [7, 11) is 0. The lowest BCUT2D eigenvalue weighted by atomic mass is 10.1. The third-order valence-corrected chi connectivity index (χ3v) is 5.76. The first kappa shape index (κ1) is 12.7. The number of aliphatic hydroxyl groups excluding tert-OH is 1. The van der Waals surface area contributed by atoms with Crippen LogP contribution in [0.25, 0.3) is 0 Å². The predicted octanol–water partition coefficient (Wildman–Crippen LogP) is 2.01.